The average molecular weight is 377 g/mol. The van der Waals surface area contributed by atoms with Crippen molar-refractivity contribution in [1.29, 1.82) is 0 Å². The molecule has 4 nitrogen and oxygen atoms in total. The van der Waals surface area contributed by atoms with E-state index in [0.717, 1.165) is 17.8 Å². The average Bonchev–Trinajstić information content (AvgIpc) is 3.27. The Morgan fingerprint density at radius 2 is 1.81 bits per heavy atom. The van der Waals surface area contributed by atoms with Gasteiger partial charge in [-0.05, 0) is 49.3 Å². The van der Waals surface area contributed by atoms with Crippen LogP contribution in [-0.4, -0.2) is 27.7 Å². The van der Waals surface area contributed by atoms with Gasteiger partial charge >= 0.3 is 6.18 Å². The molecule has 0 unspecified atom stereocenters. The van der Waals surface area contributed by atoms with Gasteiger partial charge in [0.05, 0.1) is 11.3 Å². The van der Waals surface area contributed by atoms with Crippen molar-refractivity contribution in [3.05, 3.63) is 47.8 Å². The summed E-state index contributed by atoms with van der Waals surface area (Å²) in [4.78, 5) is 8.68. The second-order valence-electron chi connectivity index (χ2n) is 7.53. The molecule has 0 saturated heterocycles. The largest absolute Gasteiger partial charge is 0.416 e. The summed E-state index contributed by atoms with van der Waals surface area (Å²) in [6, 6.07) is 7.00. The second-order valence-corrected chi connectivity index (χ2v) is 7.53. The van der Waals surface area contributed by atoms with Crippen LogP contribution in [0.25, 0.3) is 11.4 Å². The van der Waals surface area contributed by atoms with Gasteiger partial charge in [0.2, 0.25) is 0 Å². The van der Waals surface area contributed by atoms with Crippen molar-refractivity contribution in [2.45, 2.75) is 38.0 Å². The van der Waals surface area contributed by atoms with E-state index < -0.39 is 11.7 Å². The molecule has 2 bridgehead atoms. The molecule has 0 radical (unpaired) electrons. The first-order chi connectivity index (χ1) is 13.0. The molecule has 4 atom stereocenters. The van der Waals surface area contributed by atoms with Crippen LogP contribution < -0.4 is 5.32 Å². The molecule has 1 aromatic heterocycles. The molecular formula is C20H22F3N3O. The van der Waals surface area contributed by atoms with E-state index in [0.29, 0.717) is 41.7 Å². The van der Waals surface area contributed by atoms with Gasteiger partial charge in [0, 0.05) is 36.9 Å². The molecule has 0 amide bonds. The van der Waals surface area contributed by atoms with Gasteiger partial charge in [0.1, 0.15) is 0 Å². The van der Waals surface area contributed by atoms with Crippen LogP contribution in [0.4, 0.5) is 13.2 Å². The van der Waals surface area contributed by atoms with Gasteiger partial charge in [-0.1, -0.05) is 12.1 Å². The molecule has 2 saturated carbocycles. The number of nitrogens with zero attached hydrogens (tertiary/aromatic N) is 2. The summed E-state index contributed by atoms with van der Waals surface area (Å²) in [7, 11) is 0. The molecule has 2 fully saturated rings. The van der Waals surface area contributed by atoms with Crippen LogP contribution in [0, 0.1) is 17.8 Å². The third-order valence-corrected chi connectivity index (χ3v) is 6.00. The fourth-order valence-corrected chi connectivity index (χ4v) is 4.66. The SMILES string of the molecule is OC[C@@H]1[C@H]2CC[C@H](C2)[C@H]1NCc1ccnc(-c2ccc(C(F)(F)F)cc2)n1. The Kier molecular flexibility index (Phi) is 4.90. The van der Waals surface area contributed by atoms with Crippen LogP contribution in [0.2, 0.25) is 0 Å². The predicted molar refractivity (Wildman–Crippen MR) is 94.5 cm³/mol. The summed E-state index contributed by atoms with van der Waals surface area (Å²) < 4.78 is 38.1. The molecule has 2 aliphatic rings. The maximum atomic E-state index is 12.7. The number of alkyl halides is 3. The molecule has 4 rings (SSSR count). The van der Waals surface area contributed by atoms with E-state index in [4.69, 9.17) is 0 Å². The molecular weight excluding hydrogens is 355 g/mol. The second kappa shape index (κ2) is 7.20. The number of aromatic nitrogens is 2. The fourth-order valence-electron chi connectivity index (χ4n) is 4.66. The molecule has 1 heterocycles. The Hall–Kier alpha value is -1.99. The first-order valence-corrected chi connectivity index (χ1v) is 9.29. The van der Waals surface area contributed by atoms with E-state index in [1.807, 2.05) is 6.07 Å². The molecule has 2 N–H and O–H groups in total. The molecule has 27 heavy (non-hydrogen) atoms. The van der Waals surface area contributed by atoms with E-state index >= 15 is 0 Å². The van der Waals surface area contributed by atoms with E-state index in [-0.39, 0.29) is 6.61 Å². The van der Waals surface area contributed by atoms with Gasteiger partial charge in [-0.2, -0.15) is 13.2 Å². The van der Waals surface area contributed by atoms with Gasteiger partial charge < -0.3 is 10.4 Å². The van der Waals surface area contributed by atoms with Gasteiger partial charge in [-0.25, -0.2) is 9.97 Å². The first kappa shape index (κ1) is 18.4. The number of nitrogens with one attached hydrogen (secondary N) is 1. The van der Waals surface area contributed by atoms with Gasteiger partial charge in [-0.15, -0.1) is 0 Å². The van der Waals surface area contributed by atoms with Crippen molar-refractivity contribution in [2.24, 2.45) is 17.8 Å². The van der Waals surface area contributed by atoms with Crippen LogP contribution in [0.5, 0.6) is 0 Å². The van der Waals surface area contributed by atoms with Crippen molar-refractivity contribution in [3.8, 4) is 11.4 Å². The number of halogens is 3. The van der Waals surface area contributed by atoms with Gasteiger partial charge in [-0.3, -0.25) is 0 Å². The standard InChI is InChI=1S/C20H22F3N3O/c21-20(22,23)15-5-3-12(4-6-15)19-24-8-7-16(26-19)10-25-18-14-2-1-13(9-14)17(18)11-27/h3-8,13-14,17-18,25,27H,1-2,9-11H2/t13-,14+,17+,18+/m0/s1. The Balaban J connectivity index is 1.45. The minimum atomic E-state index is -4.35. The Bertz CT molecular complexity index is 794. The number of rotatable bonds is 5. The minimum absolute atomic E-state index is 0.208. The lowest BCUT2D eigenvalue weighted by atomic mass is 9.85. The molecule has 7 heteroatoms. The molecule has 0 aliphatic heterocycles. The number of aliphatic hydroxyl groups excluding tert-OH is 1. The van der Waals surface area contributed by atoms with Crippen molar-refractivity contribution < 1.29 is 18.3 Å². The zero-order valence-electron chi connectivity index (χ0n) is 14.8. The van der Waals surface area contributed by atoms with Crippen LogP contribution in [-0.2, 0) is 12.7 Å². The topological polar surface area (TPSA) is 58.0 Å². The molecule has 2 aliphatic carbocycles. The van der Waals surface area contributed by atoms with Gasteiger partial charge in [0.15, 0.2) is 5.82 Å². The van der Waals surface area contributed by atoms with Crippen molar-refractivity contribution in [2.75, 3.05) is 6.61 Å². The highest BCUT2D eigenvalue weighted by Crippen LogP contribution is 2.48. The summed E-state index contributed by atoms with van der Waals surface area (Å²) >= 11 is 0. The van der Waals surface area contributed by atoms with Crippen molar-refractivity contribution in [1.82, 2.24) is 15.3 Å². The lowest BCUT2D eigenvalue weighted by Crippen LogP contribution is -2.42. The maximum absolute atomic E-state index is 12.7. The first-order valence-electron chi connectivity index (χ1n) is 9.29. The Morgan fingerprint density at radius 3 is 2.52 bits per heavy atom. The highest BCUT2D eigenvalue weighted by Gasteiger charge is 2.46. The Labute approximate surface area is 155 Å². The van der Waals surface area contributed by atoms with Gasteiger partial charge in [0.25, 0.3) is 0 Å². The maximum Gasteiger partial charge on any atom is 0.416 e. The van der Waals surface area contributed by atoms with E-state index in [1.54, 1.807) is 6.20 Å². The monoisotopic (exact) mass is 377 g/mol. The summed E-state index contributed by atoms with van der Waals surface area (Å²) in [5, 5.41) is 13.2. The smallest absolute Gasteiger partial charge is 0.396 e. The number of fused-ring (bicyclic) bond motifs is 2. The lowest BCUT2D eigenvalue weighted by Gasteiger charge is -2.30. The fraction of sp³-hybridized carbons (Fsp3) is 0.500. The summed E-state index contributed by atoms with van der Waals surface area (Å²) in [6.07, 6.45) is 0.874. The third kappa shape index (κ3) is 3.71. The lowest BCUT2D eigenvalue weighted by molar-refractivity contribution is -0.137. The van der Waals surface area contributed by atoms with Crippen molar-refractivity contribution >= 4 is 0 Å². The molecule has 0 spiro atoms. The third-order valence-electron chi connectivity index (χ3n) is 6.00. The number of hydrogen-bond acceptors (Lipinski definition) is 4. The minimum Gasteiger partial charge on any atom is -0.396 e. The number of hydrogen-bond donors (Lipinski definition) is 2. The summed E-state index contributed by atoms with van der Waals surface area (Å²) in [5.74, 6) is 1.95. The number of aliphatic hydroxyl groups is 1. The predicted octanol–water partition coefficient (Wildman–Crippen LogP) is 3.66. The molecule has 144 valence electrons. The van der Waals surface area contributed by atoms with Crippen molar-refractivity contribution in [3.63, 3.8) is 0 Å². The molecule has 2 aromatic rings. The zero-order valence-corrected chi connectivity index (χ0v) is 14.8. The van der Waals surface area contributed by atoms with Crippen LogP contribution in [0.1, 0.15) is 30.5 Å². The van der Waals surface area contributed by atoms with E-state index in [1.165, 1.54) is 31.4 Å². The summed E-state index contributed by atoms with van der Waals surface area (Å²) in [6.45, 7) is 0.764. The summed E-state index contributed by atoms with van der Waals surface area (Å²) in [5.41, 5.74) is 0.660. The van der Waals surface area contributed by atoms with Crippen LogP contribution in [0.15, 0.2) is 36.5 Å². The quantitative estimate of drug-likeness (QED) is 0.835. The van der Waals surface area contributed by atoms with E-state index in [2.05, 4.69) is 15.3 Å². The Morgan fingerprint density at radius 1 is 1.07 bits per heavy atom. The van der Waals surface area contributed by atoms with Crippen LogP contribution >= 0.6 is 0 Å². The van der Waals surface area contributed by atoms with Crippen LogP contribution in [0.3, 0.4) is 0 Å². The highest BCUT2D eigenvalue weighted by atomic mass is 19.4. The highest BCUT2D eigenvalue weighted by molar-refractivity contribution is 5.55. The zero-order chi connectivity index (χ0) is 19.0. The molecule has 1 aromatic carbocycles. The normalized spacial score (nSPS) is 27.3. The number of benzene rings is 1. The van der Waals surface area contributed by atoms with E-state index in [9.17, 15) is 18.3 Å².